The Balaban J connectivity index is 2.29. The standard InChI is InChI=1S/C19H25ClN2O3/c1-6-22(11-17(23)21-19(3,4)5)10-13-8-18(24)25-16-7-12(2)15(20)9-14(13)16/h7-9H,6,10-11H2,1-5H3,(H,21,23)/p+1. The van der Waals surface area contributed by atoms with E-state index >= 15 is 0 Å². The zero-order valence-electron chi connectivity index (χ0n) is 15.5. The van der Waals surface area contributed by atoms with Crippen LogP contribution in [0.1, 0.15) is 38.8 Å². The summed E-state index contributed by atoms with van der Waals surface area (Å²) in [7, 11) is 0. The molecule has 0 spiro atoms. The van der Waals surface area contributed by atoms with Gasteiger partial charge in [-0.05, 0) is 52.3 Å². The van der Waals surface area contributed by atoms with Gasteiger partial charge in [-0.15, -0.1) is 0 Å². The first kappa shape index (κ1) is 19.5. The molecule has 0 bridgehead atoms. The van der Waals surface area contributed by atoms with Crippen molar-refractivity contribution >= 4 is 28.5 Å². The molecule has 1 atom stereocenters. The van der Waals surface area contributed by atoms with Gasteiger partial charge in [0.25, 0.3) is 5.91 Å². The molecule has 1 amide bonds. The van der Waals surface area contributed by atoms with Crippen LogP contribution in [0.5, 0.6) is 0 Å². The fraction of sp³-hybridized carbons (Fsp3) is 0.474. The molecule has 2 aromatic rings. The highest BCUT2D eigenvalue weighted by molar-refractivity contribution is 6.32. The number of carbonyl (C=O) groups excluding carboxylic acids is 1. The summed E-state index contributed by atoms with van der Waals surface area (Å²) in [5.74, 6) is -0.00880. The molecule has 1 aromatic carbocycles. The van der Waals surface area contributed by atoms with Crippen molar-refractivity contribution in [1.82, 2.24) is 5.32 Å². The summed E-state index contributed by atoms with van der Waals surface area (Å²) in [6.07, 6.45) is 0. The first-order valence-corrected chi connectivity index (χ1v) is 8.84. The predicted octanol–water partition coefficient (Wildman–Crippen LogP) is 2.07. The summed E-state index contributed by atoms with van der Waals surface area (Å²) in [6, 6.07) is 5.10. The van der Waals surface area contributed by atoms with E-state index in [9.17, 15) is 9.59 Å². The lowest BCUT2D eigenvalue weighted by molar-refractivity contribution is -0.904. The number of amides is 1. The third-order valence-corrected chi connectivity index (χ3v) is 4.38. The van der Waals surface area contributed by atoms with Crippen molar-refractivity contribution in [3.05, 3.63) is 44.8 Å². The molecule has 0 aliphatic rings. The Bertz CT molecular complexity index is 837. The van der Waals surface area contributed by atoms with E-state index in [1.165, 1.54) is 6.07 Å². The van der Waals surface area contributed by atoms with E-state index in [0.29, 0.717) is 23.7 Å². The molecule has 0 aliphatic heterocycles. The Morgan fingerprint density at radius 2 is 1.96 bits per heavy atom. The number of quaternary nitrogens is 1. The molecule has 0 radical (unpaired) electrons. The fourth-order valence-electron chi connectivity index (χ4n) is 2.77. The van der Waals surface area contributed by atoms with E-state index in [1.807, 2.05) is 40.7 Å². The molecule has 0 fully saturated rings. The van der Waals surface area contributed by atoms with Crippen molar-refractivity contribution in [1.29, 1.82) is 0 Å². The van der Waals surface area contributed by atoms with Crippen LogP contribution in [-0.2, 0) is 11.3 Å². The minimum atomic E-state index is -0.390. The van der Waals surface area contributed by atoms with Crippen LogP contribution in [0, 0.1) is 6.92 Å². The monoisotopic (exact) mass is 365 g/mol. The molecule has 1 unspecified atom stereocenters. The number of benzene rings is 1. The van der Waals surface area contributed by atoms with Crippen LogP contribution in [0.3, 0.4) is 0 Å². The van der Waals surface area contributed by atoms with Gasteiger partial charge in [0, 0.05) is 27.6 Å². The summed E-state index contributed by atoms with van der Waals surface area (Å²) in [6.45, 7) is 11.4. The highest BCUT2D eigenvalue weighted by Gasteiger charge is 2.20. The van der Waals surface area contributed by atoms with Crippen molar-refractivity contribution in [3.8, 4) is 0 Å². The van der Waals surface area contributed by atoms with Gasteiger partial charge < -0.3 is 14.6 Å². The molecular weight excluding hydrogens is 340 g/mol. The summed E-state index contributed by atoms with van der Waals surface area (Å²) in [5.41, 5.74) is 1.58. The first-order valence-electron chi connectivity index (χ1n) is 8.46. The molecule has 0 saturated heterocycles. The Hall–Kier alpha value is -1.85. The molecule has 1 heterocycles. The number of hydrogen-bond donors (Lipinski definition) is 2. The highest BCUT2D eigenvalue weighted by Crippen LogP contribution is 2.24. The molecule has 0 aliphatic carbocycles. The fourth-order valence-corrected chi connectivity index (χ4v) is 2.93. The van der Waals surface area contributed by atoms with Gasteiger partial charge in [-0.25, -0.2) is 4.79 Å². The lowest BCUT2D eigenvalue weighted by atomic mass is 10.1. The number of halogens is 1. The average molecular weight is 366 g/mol. The van der Waals surface area contributed by atoms with E-state index < -0.39 is 0 Å². The van der Waals surface area contributed by atoms with Crippen molar-refractivity contribution in [3.63, 3.8) is 0 Å². The van der Waals surface area contributed by atoms with Crippen molar-refractivity contribution in [2.24, 2.45) is 0 Å². The third kappa shape index (κ3) is 5.31. The average Bonchev–Trinajstić information content (AvgIpc) is 2.46. The number of hydrogen-bond acceptors (Lipinski definition) is 3. The summed E-state index contributed by atoms with van der Waals surface area (Å²) in [5, 5.41) is 4.42. The molecule has 2 rings (SSSR count). The van der Waals surface area contributed by atoms with Crippen LogP contribution in [-0.4, -0.2) is 24.5 Å². The smallest absolute Gasteiger partial charge is 0.336 e. The summed E-state index contributed by atoms with van der Waals surface area (Å²) >= 11 is 6.24. The number of nitrogens with one attached hydrogen (secondary N) is 2. The molecule has 1 aromatic heterocycles. The van der Waals surface area contributed by atoms with Crippen LogP contribution in [0.15, 0.2) is 27.4 Å². The Labute approximate surface area is 153 Å². The van der Waals surface area contributed by atoms with Gasteiger partial charge in [0.15, 0.2) is 6.54 Å². The van der Waals surface area contributed by atoms with Crippen LogP contribution in [0.2, 0.25) is 5.02 Å². The maximum atomic E-state index is 12.2. The second-order valence-corrected chi connectivity index (χ2v) is 7.85. The predicted molar refractivity (Wildman–Crippen MR) is 100 cm³/mol. The molecule has 6 heteroatoms. The zero-order chi connectivity index (χ0) is 18.8. The number of likely N-dealkylation sites (N-methyl/N-ethyl adjacent to an activating group) is 1. The van der Waals surface area contributed by atoms with E-state index in [2.05, 4.69) is 5.32 Å². The molecule has 2 N–H and O–H groups in total. The summed E-state index contributed by atoms with van der Waals surface area (Å²) in [4.78, 5) is 25.2. The van der Waals surface area contributed by atoms with Gasteiger partial charge in [-0.3, -0.25) is 4.79 Å². The molecule has 136 valence electrons. The Morgan fingerprint density at radius 1 is 1.28 bits per heavy atom. The lowest BCUT2D eigenvalue weighted by Crippen LogP contribution is -3.11. The van der Waals surface area contributed by atoms with Crippen molar-refractivity contribution < 1.29 is 14.1 Å². The van der Waals surface area contributed by atoms with Crippen LogP contribution < -0.4 is 15.8 Å². The van der Waals surface area contributed by atoms with Crippen molar-refractivity contribution in [2.45, 2.75) is 46.7 Å². The topological polar surface area (TPSA) is 63.8 Å². The van der Waals surface area contributed by atoms with E-state index in [0.717, 1.165) is 28.0 Å². The van der Waals surface area contributed by atoms with Gasteiger partial charge >= 0.3 is 5.63 Å². The van der Waals surface area contributed by atoms with Gasteiger partial charge in [-0.2, -0.15) is 0 Å². The number of fused-ring (bicyclic) bond motifs is 1. The van der Waals surface area contributed by atoms with E-state index in [1.54, 1.807) is 6.07 Å². The van der Waals surface area contributed by atoms with Gasteiger partial charge in [0.2, 0.25) is 0 Å². The van der Waals surface area contributed by atoms with E-state index in [4.69, 9.17) is 16.0 Å². The molecule has 0 saturated carbocycles. The third-order valence-electron chi connectivity index (χ3n) is 3.97. The lowest BCUT2D eigenvalue weighted by Gasteiger charge is -2.23. The van der Waals surface area contributed by atoms with E-state index in [-0.39, 0.29) is 17.1 Å². The van der Waals surface area contributed by atoms with Crippen LogP contribution in [0.25, 0.3) is 11.0 Å². The molecule has 25 heavy (non-hydrogen) atoms. The van der Waals surface area contributed by atoms with Crippen LogP contribution in [0.4, 0.5) is 0 Å². The summed E-state index contributed by atoms with van der Waals surface area (Å²) < 4.78 is 5.30. The van der Waals surface area contributed by atoms with Gasteiger partial charge in [-0.1, -0.05) is 11.6 Å². The number of rotatable bonds is 5. The second kappa shape index (κ2) is 7.58. The first-order chi connectivity index (χ1) is 11.6. The number of aryl methyl sites for hydroxylation is 1. The quantitative estimate of drug-likeness (QED) is 0.797. The molecular formula is C19H26ClN2O3+. The maximum absolute atomic E-state index is 12.2. The van der Waals surface area contributed by atoms with Gasteiger partial charge in [0.05, 0.1) is 6.54 Å². The minimum absolute atomic E-state index is 0.00880. The van der Waals surface area contributed by atoms with Gasteiger partial charge in [0.1, 0.15) is 12.1 Å². The Morgan fingerprint density at radius 3 is 2.56 bits per heavy atom. The normalized spacial score (nSPS) is 13.0. The van der Waals surface area contributed by atoms with Crippen LogP contribution >= 0.6 is 11.6 Å². The minimum Gasteiger partial charge on any atom is -0.423 e. The number of carbonyl (C=O) groups is 1. The maximum Gasteiger partial charge on any atom is 0.336 e. The largest absolute Gasteiger partial charge is 0.423 e. The second-order valence-electron chi connectivity index (χ2n) is 7.44. The Kier molecular flexibility index (Phi) is 5.91. The SMILES string of the molecule is CC[NH+](CC(=O)NC(C)(C)C)Cc1cc(=O)oc2cc(C)c(Cl)cc12. The zero-order valence-corrected chi connectivity index (χ0v) is 16.2. The molecule has 5 nitrogen and oxygen atoms in total. The van der Waals surface area contributed by atoms with Crippen molar-refractivity contribution in [2.75, 3.05) is 13.1 Å². The highest BCUT2D eigenvalue weighted by atomic mass is 35.5.